The molecule has 1 rings (SSSR count). The summed E-state index contributed by atoms with van der Waals surface area (Å²) in [5.41, 5.74) is 0.958. The van der Waals surface area contributed by atoms with Crippen LogP contribution in [0.5, 0.6) is 5.75 Å². The molecule has 2 N–H and O–H groups in total. The van der Waals surface area contributed by atoms with Crippen molar-refractivity contribution in [2.24, 2.45) is 0 Å². The Morgan fingerprint density at radius 3 is 3.00 bits per heavy atom. The molecule has 0 aliphatic heterocycles. The maximum Gasteiger partial charge on any atom is 0.258 e. The van der Waals surface area contributed by atoms with Crippen LogP contribution in [0.25, 0.3) is 0 Å². The van der Waals surface area contributed by atoms with Crippen LogP contribution in [-0.2, 0) is 11.3 Å². The summed E-state index contributed by atoms with van der Waals surface area (Å²) in [5, 5.41) is 13.8. The third-order valence-corrected chi connectivity index (χ3v) is 2.61. The number of nitriles is 1. The number of carbonyl (C=O) groups is 1. The summed E-state index contributed by atoms with van der Waals surface area (Å²) in [6, 6.07) is 7.41. The number of rotatable bonds is 6. The molecule has 0 unspecified atom stereocenters. The van der Waals surface area contributed by atoms with Gasteiger partial charge in [0.05, 0.1) is 6.07 Å². The van der Waals surface area contributed by atoms with E-state index in [-0.39, 0.29) is 19.1 Å². The zero-order valence-electron chi connectivity index (χ0n) is 10.00. The summed E-state index contributed by atoms with van der Waals surface area (Å²) in [4.78, 5) is 11.3. The highest BCUT2D eigenvalue weighted by Gasteiger charge is 2.06. The average molecular weight is 312 g/mol. The van der Waals surface area contributed by atoms with Gasteiger partial charge in [0.15, 0.2) is 6.61 Å². The molecule has 5 nitrogen and oxygen atoms in total. The van der Waals surface area contributed by atoms with E-state index in [9.17, 15) is 4.79 Å². The Labute approximate surface area is 114 Å². The molecule has 1 aromatic carbocycles. The Hall–Kier alpha value is -1.58. The van der Waals surface area contributed by atoms with Gasteiger partial charge in [0.2, 0.25) is 0 Å². The molecule has 1 aromatic rings. The Morgan fingerprint density at radius 1 is 1.56 bits per heavy atom. The second kappa shape index (κ2) is 7.69. The zero-order chi connectivity index (χ0) is 13.4. The number of benzene rings is 1. The van der Waals surface area contributed by atoms with Gasteiger partial charge in [0.1, 0.15) is 12.3 Å². The number of hydrogen-bond acceptors (Lipinski definition) is 4. The summed E-state index contributed by atoms with van der Waals surface area (Å²) < 4.78 is 6.37. The maximum absolute atomic E-state index is 11.3. The number of nitrogens with zero attached hydrogens (tertiary/aromatic N) is 1. The van der Waals surface area contributed by atoms with Crippen molar-refractivity contribution < 1.29 is 9.53 Å². The van der Waals surface area contributed by atoms with Gasteiger partial charge < -0.3 is 15.4 Å². The van der Waals surface area contributed by atoms with Crippen LogP contribution < -0.4 is 15.4 Å². The van der Waals surface area contributed by atoms with Crippen molar-refractivity contribution in [3.8, 4) is 11.8 Å². The van der Waals surface area contributed by atoms with Crippen molar-refractivity contribution in [3.05, 3.63) is 28.2 Å². The lowest BCUT2D eigenvalue weighted by Gasteiger charge is -2.11. The van der Waals surface area contributed by atoms with Crippen LogP contribution in [0.3, 0.4) is 0 Å². The smallest absolute Gasteiger partial charge is 0.258 e. The lowest BCUT2D eigenvalue weighted by molar-refractivity contribution is -0.122. The first-order valence-corrected chi connectivity index (χ1v) is 6.16. The molecule has 18 heavy (non-hydrogen) atoms. The fourth-order valence-corrected chi connectivity index (χ4v) is 1.76. The average Bonchev–Trinajstić information content (AvgIpc) is 2.36. The van der Waals surface area contributed by atoms with E-state index < -0.39 is 0 Å². The minimum atomic E-state index is -0.310. The Morgan fingerprint density at radius 2 is 2.33 bits per heavy atom. The minimum Gasteiger partial charge on any atom is -0.483 e. The Balaban J connectivity index is 2.61. The molecule has 1 amide bonds. The molecular formula is C12H14BrN3O2. The van der Waals surface area contributed by atoms with Crippen LogP contribution in [0, 0.1) is 11.3 Å². The van der Waals surface area contributed by atoms with Crippen molar-refractivity contribution in [2.75, 3.05) is 20.2 Å². The van der Waals surface area contributed by atoms with E-state index in [1.807, 2.05) is 25.2 Å². The van der Waals surface area contributed by atoms with E-state index in [0.717, 1.165) is 10.0 Å². The fourth-order valence-electron chi connectivity index (χ4n) is 1.35. The number of ether oxygens (including phenoxy) is 1. The highest BCUT2D eigenvalue weighted by Crippen LogP contribution is 2.23. The molecule has 0 saturated heterocycles. The van der Waals surface area contributed by atoms with Crippen LogP contribution in [0.15, 0.2) is 22.7 Å². The van der Waals surface area contributed by atoms with Gasteiger partial charge in [0.25, 0.3) is 5.91 Å². The number of hydrogen-bond donors (Lipinski definition) is 2. The van der Waals surface area contributed by atoms with Crippen LogP contribution in [-0.4, -0.2) is 26.1 Å². The normalized spacial score (nSPS) is 9.61. The SMILES string of the molecule is CNCc1cc(Br)ccc1OCC(=O)NCC#N. The predicted molar refractivity (Wildman–Crippen MR) is 71.0 cm³/mol. The molecule has 0 heterocycles. The van der Waals surface area contributed by atoms with E-state index in [1.165, 1.54) is 0 Å². The summed E-state index contributed by atoms with van der Waals surface area (Å²) >= 11 is 3.38. The van der Waals surface area contributed by atoms with Gasteiger partial charge in [-0.3, -0.25) is 4.79 Å². The molecule has 0 saturated carbocycles. The summed E-state index contributed by atoms with van der Waals surface area (Å²) in [6.07, 6.45) is 0. The molecule has 0 fully saturated rings. The van der Waals surface area contributed by atoms with Crippen molar-refractivity contribution in [1.29, 1.82) is 5.26 Å². The minimum absolute atomic E-state index is 0.00803. The van der Waals surface area contributed by atoms with E-state index in [2.05, 4.69) is 26.6 Å². The predicted octanol–water partition coefficient (Wildman–Crippen LogP) is 1.19. The first-order chi connectivity index (χ1) is 8.67. The van der Waals surface area contributed by atoms with Gasteiger partial charge in [-0.1, -0.05) is 15.9 Å². The van der Waals surface area contributed by atoms with Crippen molar-refractivity contribution in [2.45, 2.75) is 6.54 Å². The highest BCUT2D eigenvalue weighted by molar-refractivity contribution is 9.10. The van der Waals surface area contributed by atoms with E-state index in [1.54, 1.807) is 6.07 Å². The second-order valence-corrected chi connectivity index (χ2v) is 4.42. The lowest BCUT2D eigenvalue weighted by Crippen LogP contribution is -2.29. The van der Waals surface area contributed by atoms with Gasteiger partial charge in [-0.15, -0.1) is 0 Å². The van der Waals surface area contributed by atoms with E-state index in [0.29, 0.717) is 12.3 Å². The quantitative estimate of drug-likeness (QED) is 0.774. The van der Waals surface area contributed by atoms with Gasteiger partial charge in [0, 0.05) is 16.6 Å². The molecule has 6 heteroatoms. The van der Waals surface area contributed by atoms with Gasteiger partial charge in [-0.05, 0) is 25.2 Å². The summed E-state index contributed by atoms with van der Waals surface area (Å²) in [6.45, 7) is 0.542. The first-order valence-electron chi connectivity index (χ1n) is 5.37. The largest absolute Gasteiger partial charge is 0.483 e. The Bertz CT molecular complexity index is 457. The lowest BCUT2D eigenvalue weighted by atomic mass is 10.2. The van der Waals surface area contributed by atoms with Gasteiger partial charge >= 0.3 is 0 Å². The molecule has 96 valence electrons. The molecular weight excluding hydrogens is 298 g/mol. The highest BCUT2D eigenvalue weighted by atomic mass is 79.9. The molecule has 0 aliphatic rings. The number of carbonyl (C=O) groups excluding carboxylic acids is 1. The van der Waals surface area contributed by atoms with Gasteiger partial charge in [-0.25, -0.2) is 0 Å². The molecule has 0 aromatic heterocycles. The molecule has 0 bridgehead atoms. The monoisotopic (exact) mass is 311 g/mol. The zero-order valence-corrected chi connectivity index (χ0v) is 11.6. The molecule has 0 aliphatic carbocycles. The van der Waals surface area contributed by atoms with Crippen LogP contribution in [0.2, 0.25) is 0 Å². The third-order valence-electron chi connectivity index (χ3n) is 2.11. The van der Waals surface area contributed by atoms with Crippen LogP contribution >= 0.6 is 15.9 Å². The maximum atomic E-state index is 11.3. The number of amides is 1. The second-order valence-electron chi connectivity index (χ2n) is 3.51. The summed E-state index contributed by atoms with van der Waals surface area (Å²) in [7, 11) is 1.84. The van der Waals surface area contributed by atoms with Gasteiger partial charge in [-0.2, -0.15) is 5.26 Å². The topological polar surface area (TPSA) is 74.2 Å². The standard InChI is InChI=1S/C12H14BrN3O2/c1-15-7-9-6-10(13)2-3-11(9)18-8-12(17)16-5-4-14/h2-3,6,15H,5,7-8H2,1H3,(H,16,17). The number of halogens is 1. The molecule has 0 atom stereocenters. The van der Waals surface area contributed by atoms with E-state index in [4.69, 9.17) is 10.00 Å². The summed E-state index contributed by atoms with van der Waals surface area (Å²) in [5.74, 6) is 0.342. The van der Waals surface area contributed by atoms with Crippen LogP contribution in [0.4, 0.5) is 0 Å². The number of nitrogens with one attached hydrogen (secondary N) is 2. The fraction of sp³-hybridized carbons (Fsp3) is 0.333. The Kier molecular flexibility index (Phi) is 6.19. The molecule has 0 radical (unpaired) electrons. The third kappa shape index (κ3) is 4.73. The molecule has 0 spiro atoms. The first kappa shape index (κ1) is 14.5. The van der Waals surface area contributed by atoms with Crippen molar-refractivity contribution >= 4 is 21.8 Å². The van der Waals surface area contributed by atoms with E-state index >= 15 is 0 Å². The van der Waals surface area contributed by atoms with Crippen molar-refractivity contribution in [1.82, 2.24) is 10.6 Å². The van der Waals surface area contributed by atoms with Crippen LogP contribution in [0.1, 0.15) is 5.56 Å². The van der Waals surface area contributed by atoms with Crippen molar-refractivity contribution in [3.63, 3.8) is 0 Å².